The number of esters is 1. The summed E-state index contributed by atoms with van der Waals surface area (Å²) in [5.41, 5.74) is 0.613. The number of rotatable bonds is 10. The Morgan fingerprint density at radius 1 is 1.05 bits per heavy atom. The molecule has 37 heavy (non-hydrogen) atoms. The molecule has 0 atom stereocenters. The predicted molar refractivity (Wildman–Crippen MR) is 143 cm³/mol. The van der Waals surface area contributed by atoms with E-state index < -0.39 is 23.1 Å². The van der Waals surface area contributed by atoms with Crippen molar-refractivity contribution in [3.63, 3.8) is 0 Å². The van der Waals surface area contributed by atoms with Crippen LogP contribution in [0.25, 0.3) is 11.5 Å². The normalized spacial score (nSPS) is 12.0. The first kappa shape index (κ1) is 28.4. The SMILES string of the molecule is Cc1oc(-c2cccc(Br)c2)nc1CN(CC(=O)O)Cc1ccc(OC(C)(C)C(=O)OC(C)(C)C)cc1. The second kappa shape index (κ2) is 11.5. The van der Waals surface area contributed by atoms with Gasteiger partial charge in [0.25, 0.3) is 0 Å². The van der Waals surface area contributed by atoms with E-state index in [4.69, 9.17) is 13.9 Å². The van der Waals surface area contributed by atoms with E-state index in [-0.39, 0.29) is 6.54 Å². The van der Waals surface area contributed by atoms with Crippen molar-refractivity contribution in [2.45, 2.75) is 65.8 Å². The zero-order valence-corrected chi connectivity index (χ0v) is 23.6. The summed E-state index contributed by atoms with van der Waals surface area (Å²) in [5, 5.41) is 9.47. The molecule has 198 valence electrons. The van der Waals surface area contributed by atoms with E-state index in [2.05, 4.69) is 20.9 Å². The lowest BCUT2D eigenvalue weighted by Crippen LogP contribution is -2.43. The molecule has 0 fully saturated rings. The number of aromatic nitrogens is 1. The zero-order valence-electron chi connectivity index (χ0n) is 22.0. The lowest BCUT2D eigenvalue weighted by Gasteiger charge is -2.29. The van der Waals surface area contributed by atoms with Gasteiger partial charge in [-0.25, -0.2) is 9.78 Å². The van der Waals surface area contributed by atoms with Gasteiger partial charge in [-0.1, -0.05) is 34.1 Å². The smallest absolute Gasteiger partial charge is 0.350 e. The van der Waals surface area contributed by atoms with Gasteiger partial charge in [0.05, 0.1) is 12.2 Å². The standard InChI is InChI=1S/C28H33BrN2O6/c1-18-23(30-25(35-18)20-8-7-9-21(29)14-20)16-31(17-24(32)33)15-19-10-12-22(13-11-19)36-28(5,6)26(34)37-27(2,3)4/h7-14H,15-17H2,1-6H3,(H,32,33). The molecule has 1 aromatic heterocycles. The summed E-state index contributed by atoms with van der Waals surface area (Å²) in [6, 6.07) is 14.8. The van der Waals surface area contributed by atoms with Crippen molar-refractivity contribution in [2.24, 2.45) is 0 Å². The topological polar surface area (TPSA) is 102 Å². The van der Waals surface area contributed by atoms with Crippen LogP contribution >= 0.6 is 15.9 Å². The Hall–Kier alpha value is -3.17. The van der Waals surface area contributed by atoms with Gasteiger partial charge < -0.3 is 19.0 Å². The van der Waals surface area contributed by atoms with Crippen molar-refractivity contribution in [3.05, 3.63) is 70.0 Å². The Labute approximate surface area is 225 Å². The summed E-state index contributed by atoms with van der Waals surface area (Å²) in [7, 11) is 0. The van der Waals surface area contributed by atoms with Crippen LogP contribution < -0.4 is 4.74 Å². The summed E-state index contributed by atoms with van der Waals surface area (Å²) < 4.78 is 18.1. The van der Waals surface area contributed by atoms with Gasteiger partial charge in [0.2, 0.25) is 5.89 Å². The fraction of sp³-hybridized carbons (Fsp3) is 0.393. The summed E-state index contributed by atoms with van der Waals surface area (Å²) in [5.74, 6) is 0.237. The molecule has 3 aromatic rings. The number of halogens is 1. The van der Waals surface area contributed by atoms with E-state index in [0.29, 0.717) is 36.2 Å². The second-order valence-electron chi connectivity index (χ2n) is 10.3. The third kappa shape index (κ3) is 8.43. The third-order valence-electron chi connectivity index (χ3n) is 5.29. The Bertz CT molecular complexity index is 1240. The fourth-order valence-corrected chi connectivity index (χ4v) is 3.95. The van der Waals surface area contributed by atoms with E-state index >= 15 is 0 Å². The van der Waals surface area contributed by atoms with E-state index in [9.17, 15) is 14.7 Å². The molecule has 0 bridgehead atoms. The average Bonchev–Trinajstić information content (AvgIpc) is 3.13. The molecule has 0 aliphatic carbocycles. The molecule has 8 nitrogen and oxygen atoms in total. The number of aryl methyl sites for hydroxylation is 1. The molecular weight excluding hydrogens is 540 g/mol. The maximum Gasteiger partial charge on any atom is 0.350 e. The number of carbonyl (C=O) groups is 2. The van der Waals surface area contributed by atoms with Gasteiger partial charge in [-0.05, 0) is 77.4 Å². The van der Waals surface area contributed by atoms with Crippen molar-refractivity contribution in [2.75, 3.05) is 6.54 Å². The molecule has 9 heteroatoms. The Morgan fingerprint density at radius 2 is 1.73 bits per heavy atom. The van der Waals surface area contributed by atoms with E-state index in [1.807, 2.05) is 43.3 Å². The molecular formula is C28H33BrN2O6. The number of carboxylic acids is 1. The van der Waals surface area contributed by atoms with E-state index in [1.54, 1.807) is 51.7 Å². The fourth-order valence-electron chi connectivity index (χ4n) is 3.55. The highest BCUT2D eigenvalue weighted by molar-refractivity contribution is 9.10. The number of aliphatic carboxylic acids is 1. The molecule has 1 heterocycles. The van der Waals surface area contributed by atoms with Crippen LogP contribution in [0.5, 0.6) is 5.75 Å². The number of hydrogen-bond donors (Lipinski definition) is 1. The second-order valence-corrected chi connectivity index (χ2v) is 11.2. The molecule has 0 spiro atoms. The lowest BCUT2D eigenvalue weighted by atomic mass is 10.1. The molecule has 1 N–H and O–H groups in total. The lowest BCUT2D eigenvalue weighted by molar-refractivity contribution is -0.170. The minimum atomic E-state index is -1.17. The van der Waals surface area contributed by atoms with Crippen LogP contribution in [0.2, 0.25) is 0 Å². The largest absolute Gasteiger partial charge is 0.480 e. The van der Waals surface area contributed by atoms with Gasteiger partial charge in [-0.2, -0.15) is 0 Å². The van der Waals surface area contributed by atoms with Crippen molar-refractivity contribution in [3.8, 4) is 17.2 Å². The Morgan fingerprint density at radius 3 is 2.32 bits per heavy atom. The summed E-state index contributed by atoms with van der Waals surface area (Å²) in [6.07, 6.45) is 0. The molecule has 0 aliphatic heterocycles. The summed E-state index contributed by atoms with van der Waals surface area (Å²) >= 11 is 3.45. The minimum Gasteiger partial charge on any atom is -0.480 e. The molecule has 0 saturated carbocycles. The van der Waals surface area contributed by atoms with Crippen LogP contribution in [0.3, 0.4) is 0 Å². The van der Waals surface area contributed by atoms with Crippen molar-refractivity contribution < 1.29 is 28.6 Å². The first-order valence-corrected chi connectivity index (χ1v) is 12.7. The van der Waals surface area contributed by atoms with Crippen molar-refractivity contribution in [1.82, 2.24) is 9.88 Å². The molecule has 3 rings (SSSR count). The van der Waals surface area contributed by atoms with Crippen LogP contribution in [-0.4, -0.2) is 44.7 Å². The number of carbonyl (C=O) groups excluding carboxylic acids is 1. The van der Waals surface area contributed by atoms with Gasteiger partial charge in [0.15, 0.2) is 5.60 Å². The molecule has 2 aromatic carbocycles. The number of carboxylic acid groups (broad SMARTS) is 1. The third-order valence-corrected chi connectivity index (χ3v) is 5.78. The number of benzene rings is 2. The highest BCUT2D eigenvalue weighted by atomic mass is 79.9. The monoisotopic (exact) mass is 572 g/mol. The van der Waals surface area contributed by atoms with Crippen LogP contribution in [0.4, 0.5) is 0 Å². The predicted octanol–water partition coefficient (Wildman–Crippen LogP) is 6.00. The first-order chi connectivity index (χ1) is 17.2. The quantitative estimate of drug-likeness (QED) is 0.295. The van der Waals surface area contributed by atoms with Crippen molar-refractivity contribution in [1.29, 1.82) is 0 Å². The molecule has 0 aliphatic rings. The van der Waals surface area contributed by atoms with Gasteiger partial charge in [-0.15, -0.1) is 0 Å². The van der Waals surface area contributed by atoms with Gasteiger partial charge >= 0.3 is 11.9 Å². The minimum absolute atomic E-state index is 0.164. The van der Waals surface area contributed by atoms with Gasteiger partial charge in [0, 0.05) is 23.1 Å². The summed E-state index contributed by atoms with van der Waals surface area (Å²) in [6.45, 7) is 11.1. The Kier molecular flexibility index (Phi) is 8.81. The molecule has 0 unspecified atom stereocenters. The number of hydrogen-bond acceptors (Lipinski definition) is 7. The molecule has 0 radical (unpaired) electrons. The van der Waals surface area contributed by atoms with Crippen molar-refractivity contribution >= 4 is 27.9 Å². The van der Waals surface area contributed by atoms with Crippen LogP contribution in [0, 0.1) is 6.92 Å². The number of oxazole rings is 1. The van der Waals surface area contributed by atoms with Gasteiger partial charge in [-0.3, -0.25) is 9.69 Å². The highest BCUT2D eigenvalue weighted by Crippen LogP contribution is 2.26. The maximum atomic E-state index is 12.5. The van der Waals surface area contributed by atoms with E-state index in [1.165, 1.54) is 0 Å². The van der Waals surface area contributed by atoms with Crippen LogP contribution in [0.1, 0.15) is 51.6 Å². The zero-order chi connectivity index (χ0) is 27.4. The van der Waals surface area contributed by atoms with E-state index in [0.717, 1.165) is 15.6 Å². The van der Waals surface area contributed by atoms with Gasteiger partial charge in [0.1, 0.15) is 17.1 Å². The molecule has 0 saturated heterocycles. The first-order valence-electron chi connectivity index (χ1n) is 11.9. The van der Waals surface area contributed by atoms with Crippen LogP contribution in [-0.2, 0) is 27.4 Å². The molecule has 0 amide bonds. The number of ether oxygens (including phenoxy) is 2. The Balaban J connectivity index is 1.71. The maximum absolute atomic E-state index is 12.5. The highest BCUT2D eigenvalue weighted by Gasteiger charge is 2.34. The number of nitrogens with zero attached hydrogens (tertiary/aromatic N) is 2. The average molecular weight is 573 g/mol. The summed E-state index contributed by atoms with van der Waals surface area (Å²) in [4.78, 5) is 30.4. The van der Waals surface area contributed by atoms with Crippen LogP contribution in [0.15, 0.2) is 57.4 Å².